The smallest absolute Gasteiger partial charge is 0.316 e. The molecule has 6 heteroatoms. The highest BCUT2D eigenvalue weighted by Crippen LogP contribution is 1.81. The van der Waals surface area contributed by atoms with Gasteiger partial charge in [-0.2, -0.15) is 0 Å². The molecule has 1 rings (SSSR count). The van der Waals surface area contributed by atoms with Gasteiger partial charge in [-0.3, -0.25) is 0 Å². The highest BCUT2D eigenvalue weighted by molar-refractivity contribution is 5.73. The summed E-state index contributed by atoms with van der Waals surface area (Å²) in [7, 11) is 3.40. The third kappa shape index (κ3) is 3.10. The van der Waals surface area contributed by atoms with Crippen molar-refractivity contribution >= 4 is 6.03 Å². The lowest BCUT2D eigenvalue weighted by molar-refractivity contribution is 0.217. The third-order valence-corrected chi connectivity index (χ3v) is 1.52. The van der Waals surface area contributed by atoms with Crippen molar-refractivity contribution in [3.05, 3.63) is 12.7 Å². The summed E-state index contributed by atoms with van der Waals surface area (Å²) in [6, 6.07) is -0.0897. The van der Waals surface area contributed by atoms with Gasteiger partial charge >= 0.3 is 6.03 Å². The summed E-state index contributed by atoms with van der Waals surface area (Å²) in [6.45, 7) is 1.27. The molecule has 0 aliphatic carbocycles. The zero-order chi connectivity index (χ0) is 9.68. The van der Waals surface area contributed by atoms with Crippen LogP contribution in [-0.4, -0.2) is 46.3 Å². The predicted molar refractivity (Wildman–Crippen MR) is 47.1 cm³/mol. The number of urea groups is 1. The maximum absolute atomic E-state index is 11.0. The lowest BCUT2D eigenvalue weighted by atomic mass is 10.6. The standard InChI is InChI=1S/C7H13N5O/c1-11(2)7(13)8-3-4-12-5-9-10-6-12/h5-6H,3-4H2,1-2H3,(H,8,13). The van der Waals surface area contributed by atoms with Crippen molar-refractivity contribution in [3.63, 3.8) is 0 Å². The van der Waals surface area contributed by atoms with Crippen LogP contribution in [0.25, 0.3) is 0 Å². The van der Waals surface area contributed by atoms with Gasteiger partial charge in [0.25, 0.3) is 0 Å². The minimum atomic E-state index is -0.0897. The number of amides is 2. The molecular formula is C7H13N5O. The van der Waals surface area contributed by atoms with Crippen molar-refractivity contribution in [1.29, 1.82) is 0 Å². The van der Waals surface area contributed by atoms with Crippen LogP contribution in [0.4, 0.5) is 4.79 Å². The van der Waals surface area contributed by atoms with E-state index in [0.717, 1.165) is 0 Å². The highest BCUT2D eigenvalue weighted by Gasteiger charge is 2.00. The summed E-state index contributed by atoms with van der Waals surface area (Å²) in [6.07, 6.45) is 3.23. The lowest BCUT2D eigenvalue weighted by Gasteiger charge is -2.11. The number of aromatic nitrogens is 3. The predicted octanol–water partition coefficient (Wildman–Crippen LogP) is -0.451. The molecule has 0 unspecified atom stereocenters. The van der Waals surface area contributed by atoms with E-state index in [1.807, 2.05) is 0 Å². The molecule has 0 bridgehead atoms. The first kappa shape index (κ1) is 9.50. The number of hydrogen-bond donors (Lipinski definition) is 1. The molecule has 0 spiro atoms. The normalized spacial score (nSPS) is 9.69. The molecule has 1 aromatic rings. The van der Waals surface area contributed by atoms with Crippen LogP contribution < -0.4 is 5.32 Å². The van der Waals surface area contributed by atoms with Gasteiger partial charge in [0, 0.05) is 27.2 Å². The fourth-order valence-electron chi connectivity index (χ4n) is 0.788. The molecule has 72 valence electrons. The fraction of sp³-hybridized carbons (Fsp3) is 0.571. The van der Waals surface area contributed by atoms with Crippen molar-refractivity contribution in [3.8, 4) is 0 Å². The second-order valence-electron chi connectivity index (χ2n) is 2.83. The van der Waals surface area contributed by atoms with Crippen LogP contribution in [0.3, 0.4) is 0 Å². The Bertz CT molecular complexity index is 256. The molecule has 0 radical (unpaired) electrons. The second-order valence-corrected chi connectivity index (χ2v) is 2.83. The quantitative estimate of drug-likeness (QED) is 0.690. The van der Waals surface area contributed by atoms with Crippen LogP contribution >= 0.6 is 0 Å². The zero-order valence-electron chi connectivity index (χ0n) is 7.77. The average Bonchev–Trinajstić information content (AvgIpc) is 2.56. The highest BCUT2D eigenvalue weighted by atomic mass is 16.2. The molecule has 0 aliphatic heterocycles. The van der Waals surface area contributed by atoms with Crippen LogP contribution in [0, 0.1) is 0 Å². The van der Waals surface area contributed by atoms with Crippen molar-refractivity contribution in [2.45, 2.75) is 6.54 Å². The van der Waals surface area contributed by atoms with Crippen LogP contribution in [0.15, 0.2) is 12.7 Å². The van der Waals surface area contributed by atoms with E-state index in [0.29, 0.717) is 13.1 Å². The van der Waals surface area contributed by atoms with Crippen LogP contribution in [-0.2, 0) is 6.54 Å². The number of nitrogens with zero attached hydrogens (tertiary/aromatic N) is 4. The van der Waals surface area contributed by atoms with E-state index in [1.54, 1.807) is 31.3 Å². The van der Waals surface area contributed by atoms with Crippen LogP contribution in [0.5, 0.6) is 0 Å². The maximum Gasteiger partial charge on any atom is 0.316 e. The molecular weight excluding hydrogens is 170 g/mol. The van der Waals surface area contributed by atoms with Gasteiger partial charge in [-0.15, -0.1) is 10.2 Å². The van der Waals surface area contributed by atoms with Gasteiger partial charge < -0.3 is 14.8 Å². The van der Waals surface area contributed by atoms with E-state index in [2.05, 4.69) is 15.5 Å². The molecule has 2 amide bonds. The van der Waals surface area contributed by atoms with E-state index < -0.39 is 0 Å². The number of hydrogen-bond acceptors (Lipinski definition) is 3. The monoisotopic (exact) mass is 183 g/mol. The molecule has 0 saturated heterocycles. The van der Waals surface area contributed by atoms with Crippen molar-refractivity contribution in [2.24, 2.45) is 0 Å². The molecule has 0 fully saturated rings. The molecule has 0 aliphatic rings. The summed E-state index contributed by atoms with van der Waals surface area (Å²) in [4.78, 5) is 12.5. The Hall–Kier alpha value is -1.59. The average molecular weight is 183 g/mol. The summed E-state index contributed by atoms with van der Waals surface area (Å²) in [5.74, 6) is 0. The molecule has 13 heavy (non-hydrogen) atoms. The van der Waals surface area contributed by atoms with Gasteiger partial charge in [-0.25, -0.2) is 4.79 Å². The largest absolute Gasteiger partial charge is 0.336 e. The van der Waals surface area contributed by atoms with E-state index >= 15 is 0 Å². The lowest BCUT2D eigenvalue weighted by Crippen LogP contribution is -2.36. The first-order valence-electron chi connectivity index (χ1n) is 3.97. The molecule has 6 nitrogen and oxygen atoms in total. The van der Waals surface area contributed by atoms with Gasteiger partial charge in [-0.1, -0.05) is 0 Å². The van der Waals surface area contributed by atoms with Gasteiger partial charge in [-0.05, 0) is 0 Å². The Morgan fingerprint density at radius 1 is 1.46 bits per heavy atom. The summed E-state index contributed by atoms with van der Waals surface area (Å²) < 4.78 is 1.80. The Morgan fingerprint density at radius 3 is 2.62 bits per heavy atom. The molecule has 1 heterocycles. The SMILES string of the molecule is CN(C)C(=O)NCCn1cnnc1. The van der Waals surface area contributed by atoms with Crippen LogP contribution in [0.1, 0.15) is 0 Å². The Balaban J connectivity index is 2.18. The maximum atomic E-state index is 11.0. The Kier molecular flexibility index (Phi) is 3.24. The van der Waals surface area contributed by atoms with E-state index in [-0.39, 0.29) is 6.03 Å². The van der Waals surface area contributed by atoms with Crippen LogP contribution in [0.2, 0.25) is 0 Å². The summed E-state index contributed by atoms with van der Waals surface area (Å²) in [5.41, 5.74) is 0. The molecule has 1 N–H and O–H groups in total. The Morgan fingerprint density at radius 2 is 2.08 bits per heavy atom. The molecule has 0 atom stereocenters. The molecule has 0 saturated carbocycles. The van der Waals surface area contributed by atoms with Crippen molar-refractivity contribution < 1.29 is 4.79 Å². The van der Waals surface area contributed by atoms with Gasteiger partial charge in [0.15, 0.2) is 0 Å². The summed E-state index contributed by atoms with van der Waals surface area (Å²) >= 11 is 0. The number of carbonyl (C=O) groups excluding carboxylic acids is 1. The topological polar surface area (TPSA) is 63.1 Å². The van der Waals surface area contributed by atoms with Crippen molar-refractivity contribution in [1.82, 2.24) is 25.0 Å². The molecule has 0 aromatic carbocycles. The number of carbonyl (C=O) groups is 1. The minimum absolute atomic E-state index is 0.0897. The number of rotatable bonds is 3. The van der Waals surface area contributed by atoms with Gasteiger partial charge in [0.05, 0.1) is 0 Å². The summed E-state index contributed by atoms with van der Waals surface area (Å²) in [5, 5.41) is 10.0. The first-order chi connectivity index (χ1) is 6.20. The second kappa shape index (κ2) is 4.44. The minimum Gasteiger partial charge on any atom is -0.336 e. The number of nitrogens with one attached hydrogen (secondary N) is 1. The Labute approximate surface area is 76.6 Å². The fourth-order valence-corrected chi connectivity index (χ4v) is 0.788. The van der Waals surface area contributed by atoms with Gasteiger partial charge in [0.1, 0.15) is 12.7 Å². The third-order valence-electron chi connectivity index (χ3n) is 1.52. The molecule has 1 aromatic heterocycles. The first-order valence-corrected chi connectivity index (χ1v) is 3.97. The van der Waals surface area contributed by atoms with E-state index in [4.69, 9.17) is 0 Å². The van der Waals surface area contributed by atoms with E-state index in [1.165, 1.54) is 4.90 Å². The van der Waals surface area contributed by atoms with Gasteiger partial charge in [0.2, 0.25) is 0 Å². The van der Waals surface area contributed by atoms with Crippen molar-refractivity contribution in [2.75, 3.05) is 20.6 Å². The zero-order valence-corrected chi connectivity index (χ0v) is 7.77. The van der Waals surface area contributed by atoms with E-state index in [9.17, 15) is 4.79 Å².